The molecule has 0 fully saturated rings. The maximum absolute atomic E-state index is 13.6. The molecule has 0 N–H and O–H groups in total. The molecule has 1 amide bonds. The van der Waals surface area contributed by atoms with Crippen LogP contribution in [0.3, 0.4) is 0 Å². The Morgan fingerprint density at radius 3 is 2.66 bits per heavy atom. The molecule has 2 aromatic carbocycles. The van der Waals surface area contributed by atoms with Crippen molar-refractivity contribution in [1.29, 1.82) is 0 Å². The fraction of sp³-hybridized carbons (Fsp3) is 0.160. The Labute approximate surface area is 188 Å². The Hall–Kier alpha value is -3.71. The summed E-state index contributed by atoms with van der Waals surface area (Å²) in [6.45, 7) is 7.84. The van der Waals surface area contributed by atoms with Crippen LogP contribution in [0.4, 0.5) is 5.13 Å². The Bertz CT molecular complexity index is 1420. The molecule has 0 radical (unpaired) electrons. The van der Waals surface area contributed by atoms with Crippen molar-refractivity contribution in [3.63, 3.8) is 0 Å². The highest BCUT2D eigenvalue weighted by molar-refractivity contribution is 7.14. The van der Waals surface area contributed by atoms with Gasteiger partial charge in [0.2, 0.25) is 5.76 Å². The number of ether oxygens (including phenoxy) is 1. The van der Waals surface area contributed by atoms with Crippen LogP contribution in [-0.2, 0) is 0 Å². The zero-order valence-corrected chi connectivity index (χ0v) is 18.4. The molecular weight excluding hydrogens is 424 g/mol. The first-order chi connectivity index (χ1) is 15.5. The predicted molar refractivity (Wildman–Crippen MR) is 125 cm³/mol. The average molecular weight is 445 g/mol. The van der Waals surface area contributed by atoms with E-state index < -0.39 is 6.04 Å². The topological polar surface area (TPSA) is 72.6 Å². The number of thiazole rings is 1. The third-order valence-electron chi connectivity index (χ3n) is 5.40. The van der Waals surface area contributed by atoms with Gasteiger partial charge in [-0.1, -0.05) is 36.4 Å². The minimum atomic E-state index is -0.641. The van der Waals surface area contributed by atoms with Gasteiger partial charge in [0.25, 0.3) is 5.91 Å². The van der Waals surface area contributed by atoms with E-state index in [-0.39, 0.29) is 17.1 Å². The van der Waals surface area contributed by atoms with Crippen LogP contribution in [0.5, 0.6) is 5.75 Å². The van der Waals surface area contributed by atoms with Gasteiger partial charge in [0, 0.05) is 5.38 Å². The fourth-order valence-electron chi connectivity index (χ4n) is 3.95. The first-order valence-electron chi connectivity index (χ1n) is 10.1. The van der Waals surface area contributed by atoms with E-state index in [2.05, 4.69) is 11.6 Å². The maximum atomic E-state index is 13.6. The third kappa shape index (κ3) is 3.22. The van der Waals surface area contributed by atoms with Crippen molar-refractivity contribution in [2.45, 2.75) is 19.9 Å². The number of amides is 1. The van der Waals surface area contributed by atoms with Crippen LogP contribution in [-0.4, -0.2) is 17.5 Å². The van der Waals surface area contributed by atoms with Crippen LogP contribution < -0.4 is 15.1 Å². The molecule has 1 atom stereocenters. The molecule has 0 spiro atoms. The molecule has 1 aliphatic heterocycles. The molecule has 4 aromatic rings. The Morgan fingerprint density at radius 2 is 1.97 bits per heavy atom. The number of nitrogens with zero attached hydrogens (tertiary/aromatic N) is 2. The SMILES string of the molecule is C=CCOc1ccc([C@H]2c3c(oc4ccc(C)cc4c3=O)C(=O)N2c2nc(C)cs2)cc1. The van der Waals surface area contributed by atoms with Crippen LogP contribution in [0, 0.1) is 13.8 Å². The van der Waals surface area contributed by atoms with Gasteiger partial charge >= 0.3 is 0 Å². The molecule has 32 heavy (non-hydrogen) atoms. The fourth-order valence-corrected chi connectivity index (χ4v) is 4.78. The summed E-state index contributed by atoms with van der Waals surface area (Å²) in [4.78, 5) is 33.2. The second kappa shape index (κ2) is 7.76. The minimum Gasteiger partial charge on any atom is -0.490 e. The van der Waals surface area contributed by atoms with Crippen LogP contribution in [0.2, 0.25) is 0 Å². The smallest absolute Gasteiger partial charge is 0.297 e. The first-order valence-corrected chi connectivity index (χ1v) is 11.0. The van der Waals surface area contributed by atoms with E-state index in [0.717, 1.165) is 16.8 Å². The van der Waals surface area contributed by atoms with Gasteiger partial charge < -0.3 is 9.15 Å². The van der Waals surface area contributed by atoms with Gasteiger partial charge in [-0.3, -0.25) is 14.5 Å². The zero-order chi connectivity index (χ0) is 22.4. The number of aryl methyl sites for hydroxylation is 2. The van der Waals surface area contributed by atoms with Crippen molar-refractivity contribution in [2.24, 2.45) is 0 Å². The van der Waals surface area contributed by atoms with E-state index in [9.17, 15) is 9.59 Å². The number of carbonyl (C=O) groups is 1. The van der Waals surface area contributed by atoms with Crippen molar-refractivity contribution in [1.82, 2.24) is 4.98 Å². The van der Waals surface area contributed by atoms with Crippen LogP contribution in [0.25, 0.3) is 11.0 Å². The summed E-state index contributed by atoms with van der Waals surface area (Å²) in [5, 5.41) is 2.87. The van der Waals surface area contributed by atoms with Crippen LogP contribution in [0.15, 0.2) is 69.7 Å². The molecule has 160 valence electrons. The lowest BCUT2D eigenvalue weighted by atomic mass is 9.98. The van der Waals surface area contributed by atoms with E-state index in [1.807, 2.05) is 49.6 Å². The standard InChI is InChI=1S/C25H20N2O4S/c1-4-11-30-17-8-6-16(7-9-17)21-20-22(28)18-12-14(2)5-10-19(18)31-23(20)24(29)27(21)25-26-15(3)13-32-25/h4-10,12-13,21H,1,11H2,2-3H3/t21-/m0/s1. The molecule has 0 saturated carbocycles. The highest BCUT2D eigenvalue weighted by Crippen LogP contribution is 2.42. The van der Waals surface area contributed by atoms with Crippen molar-refractivity contribution >= 4 is 33.3 Å². The average Bonchev–Trinajstić information content (AvgIpc) is 3.34. The zero-order valence-electron chi connectivity index (χ0n) is 17.6. The molecule has 5 rings (SSSR count). The minimum absolute atomic E-state index is 0.0659. The normalized spacial score (nSPS) is 15.2. The highest BCUT2D eigenvalue weighted by Gasteiger charge is 2.44. The summed E-state index contributed by atoms with van der Waals surface area (Å²) in [7, 11) is 0. The maximum Gasteiger partial charge on any atom is 0.297 e. The summed E-state index contributed by atoms with van der Waals surface area (Å²) in [5.41, 5.74) is 3.06. The van der Waals surface area contributed by atoms with Gasteiger partial charge in [0.1, 0.15) is 17.9 Å². The highest BCUT2D eigenvalue weighted by atomic mass is 32.1. The number of aromatic nitrogens is 1. The van der Waals surface area contributed by atoms with E-state index >= 15 is 0 Å². The molecule has 0 saturated heterocycles. The number of anilines is 1. The number of carbonyl (C=O) groups excluding carboxylic acids is 1. The Kier molecular flexibility index (Phi) is 4.90. The summed E-state index contributed by atoms with van der Waals surface area (Å²) >= 11 is 1.36. The quantitative estimate of drug-likeness (QED) is 0.397. The van der Waals surface area contributed by atoms with Gasteiger partial charge in [-0.15, -0.1) is 11.3 Å². The van der Waals surface area contributed by atoms with Gasteiger partial charge in [0.15, 0.2) is 10.6 Å². The first kappa shape index (κ1) is 20.2. The van der Waals surface area contributed by atoms with Gasteiger partial charge in [-0.2, -0.15) is 0 Å². The molecular formula is C25H20N2O4S. The van der Waals surface area contributed by atoms with E-state index in [0.29, 0.717) is 34.0 Å². The molecule has 0 bridgehead atoms. The second-order valence-electron chi connectivity index (χ2n) is 7.69. The summed E-state index contributed by atoms with van der Waals surface area (Å²) < 4.78 is 11.6. The van der Waals surface area contributed by atoms with E-state index in [4.69, 9.17) is 9.15 Å². The molecule has 0 unspecified atom stereocenters. The van der Waals surface area contributed by atoms with Crippen molar-refractivity contribution in [3.05, 3.63) is 98.9 Å². The Morgan fingerprint density at radius 1 is 1.19 bits per heavy atom. The van der Waals surface area contributed by atoms with Gasteiger partial charge in [-0.05, 0) is 43.7 Å². The molecule has 1 aliphatic rings. The molecule has 2 aromatic heterocycles. The lowest BCUT2D eigenvalue weighted by molar-refractivity contribution is 0.0971. The van der Waals surface area contributed by atoms with Crippen LogP contribution >= 0.6 is 11.3 Å². The summed E-state index contributed by atoms with van der Waals surface area (Å²) in [6.07, 6.45) is 1.67. The molecule has 6 nitrogen and oxygen atoms in total. The van der Waals surface area contributed by atoms with Crippen LogP contribution in [0.1, 0.15) is 39.0 Å². The Balaban J connectivity index is 1.72. The van der Waals surface area contributed by atoms with Crippen molar-refractivity contribution in [3.8, 4) is 5.75 Å². The van der Waals surface area contributed by atoms with Crippen molar-refractivity contribution < 1.29 is 13.9 Å². The predicted octanol–water partition coefficient (Wildman–Crippen LogP) is 5.18. The third-order valence-corrected chi connectivity index (χ3v) is 6.36. The van der Waals surface area contributed by atoms with Crippen molar-refractivity contribution in [2.75, 3.05) is 11.5 Å². The number of hydrogen-bond donors (Lipinski definition) is 0. The number of hydrogen-bond acceptors (Lipinski definition) is 6. The largest absolute Gasteiger partial charge is 0.490 e. The summed E-state index contributed by atoms with van der Waals surface area (Å²) in [6, 6.07) is 12.1. The monoisotopic (exact) mass is 444 g/mol. The molecule has 7 heteroatoms. The number of benzene rings is 2. The molecule has 3 heterocycles. The lowest BCUT2D eigenvalue weighted by Gasteiger charge is -2.22. The number of fused-ring (bicyclic) bond motifs is 2. The number of rotatable bonds is 5. The summed E-state index contributed by atoms with van der Waals surface area (Å²) in [5.74, 6) is 0.373. The lowest BCUT2D eigenvalue weighted by Crippen LogP contribution is -2.29. The van der Waals surface area contributed by atoms with E-state index in [1.165, 1.54) is 11.3 Å². The van der Waals surface area contributed by atoms with E-state index in [1.54, 1.807) is 23.1 Å². The van der Waals surface area contributed by atoms with Gasteiger partial charge in [-0.25, -0.2) is 4.98 Å². The second-order valence-corrected chi connectivity index (χ2v) is 8.53. The molecule has 0 aliphatic carbocycles. The van der Waals surface area contributed by atoms with Gasteiger partial charge in [0.05, 0.1) is 22.7 Å².